The number of phenolic OH excluding ortho intramolecular Hbond substituents is 1. The zero-order chi connectivity index (χ0) is 33.5. The molecule has 3 aliphatic rings. The van der Waals surface area contributed by atoms with Gasteiger partial charge < -0.3 is 26.0 Å². The first-order chi connectivity index (χ1) is 21.6. The molecule has 6 rings (SSSR count). The number of urea groups is 1. The fraction of sp³-hybridized carbons (Fsp3) is 0.351. The molecule has 9 heteroatoms. The Balaban J connectivity index is 1.42. The van der Waals surface area contributed by atoms with E-state index in [4.69, 9.17) is 0 Å². The van der Waals surface area contributed by atoms with E-state index in [1.807, 2.05) is 57.2 Å². The topological polar surface area (TPSA) is 153 Å². The normalized spacial score (nSPS) is 27.3. The number of hydrogen-bond acceptors (Lipinski definition) is 7. The highest BCUT2D eigenvalue weighted by Crippen LogP contribution is 2.65. The van der Waals surface area contributed by atoms with Crippen LogP contribution in [0.25, 0.3) is 16.5 Å². The molecule has 1 saturated carbocycles. The number of carbonyl (C=O) groups is 4. The SMILES string of the molecule is CC(=O)C1=C(C)[C@@H](C(C)C)[C@]2(C)C[C@]3(C)Cc4ccc(NC(=O)Nc5cccc6ccccc56)c(O)c4C(O)=C3C(=O)[C@]2(O)C1=O. The van der Waals surface area contributed by atoms with Crippen molar-refractivity contribution < 1.29 is 34.5 Å². The standard InChI is InChI=1S/C37H38N2O7/c1-18(2)28-19(3)26(20(4)40)32(43)37(46)33(44)29-31(42)27-22(16-35(29,5)17-36(28,37)6)14-15-25(30(27)41)39-34(45)38-24-13-9-11-21-10-7-8-12-23(21)24/h7-15,18,28,41-42,46H,16-17H2,1-6H3,(H2,38,39,45)/t28-,35+,36+,37-/m1/s1. The van der Waals surface area contributed by atoms with Gasteiger partial charge in [0, 0.05) is 21.8 Å². The van der Waals surface area contributed by atoms with Crippen LogP contribution < -0.4 is 10.6 Å². The minimum absolute atomic E-state index is 0.00918. The number of hydrogen-bond donors (Lipinski definition) is 5. The van der Waals surface area contributed by atoms with Crippen molar-refractivity contribution in [1.29, 1.82) is 0 Å². The van der Waals surface area contributed by atoms with Crippen LogP contribution in [0.4, 0.5) is 16.2 Å². The van der Waals surface area contributed by atoms with Crippen LogP contribution in [-0.2, 0) is 20.8 Å². The Bertz CT molecular complexity index is 1950. The summed E-state index contributed by atoms with van der Waals surface area (Å²) in [5.41, 5.74) is -3.66. The molecule has 0 aliphatic heterocycles. The number of aliphatic hydroxyl groups excluding tert-OH is 1. The van der Waals surface area contributed by atoms with E-state index >= 15 is 0 Å². The lowest BCUT2D eigenvalue weighted by Crippen LogP contribution is -2.70. The predicted molar refractivity (Wildman–Crippen MR) is 175 cm³/mol. The molecule has 0 bridgehead atoms. The first-order valence-corrected chi connectivity index (χ1v) is 15.4. The first kappa shape index (κ1) is 31.2. The molecule has 0 aromatic heterocycles. The number of aliphatic hydroxyl groups is 2. The van der Waals surface area contributed by atoms with Gasteiger partial charge in [-0.25, -0.2) is 4.79 Å². The molecule has 9 nitrogen and oxygen atoms in total. The van der Waals surface area contributed by atoms with Gasteiger partial charge in [-0.3, -0.25) is 14.4 Å². The molecular weight excluding hydrogens is 584 g/mol. The number of phenols is 1. The van der Waals surface area contributed by atoms with E-state index < -0.39 is 57.2 Å². The molecule has 3 aliphatic carbocycles. The Labute approximate surface area is 267 Å². The Hall–Kier alpha value is -4.76. The minimum Gasteiger partial charge on any atom is -0.507 e. The van der Waals surface area contributed by atoms with E-state index in [0.29, 0.717) is 16.8 Å². The Morgan fingerprint density at radius 1 is 0.913 bits per heavy atom. The lowest BCUT2D eigenvalue weighted by atomic mass is 9.42. The number of rotatable bonds is 4. The molecule has 238 valence electrons. The van der Waals surface area contributed by atoms with Crippen LogP contribution in [0.1, 0.15) is 59.1 Å². The summed E-state index contributed by atoms with van der Waals surface area (Å²) in [5.74, 6) is -4.08. The average molecular weight is 623 g/mol. The van der Waals surface area contributed by atoms with Crippen molar-refractivity contribution in [2.24, 2.45) is 22.7 Å². The maximum absolute atomic E-state index is 14.5. The van der Waals surface area contributed by atoms with Gasteiger partial charge in [-0.15, -0.1) is 0 Å². The van der Waals surface area contributed by atoms with Crippen LogP contribution in [-0.4, -0.2) is 44.3 Å². The second kappa shape index (κ2) is 10.4. The summed E-state index contributed by atoms with van der Waals surface area (Å²) in [6, 6.07) is 15.6. The lowest BCUT2D eigenvalue weighted by Gasteiger charge is -2.60. The highest BCUT2D eigenvalue weighted by molar-refractivity contribution is 6.33. The number of aromatic hydroxyl groups is 1. The fourth-order valence-electron chi connectivity index (χ4n) is 8.95. The highest BCUT2D eigenvalue weighted by Gasteiger charge is 2.71. The molecule has 0 unspecified atom stereocenters. The molecular formula is C37H38N2O7. The van der Waals surface area contributed by atoms with Crippen molar-refractivity contribution in [3.63, 3.8) is 0 Å². The quantitative estimate of drug-likeness (QED) is 0.127. The number of Topliss-reactive ketones (excluding diaryl/α,β-unsaturated/α-hetero) is 3. The van der Waals surface area contributed by atoms with Crippen molar-refractivity contribution in [2.75, 3.05) is 10.6 Å². The van der Waals surface area contributed by atoms with E-state index in [0.717, 1.165) is 10.8 Å². The van der Waals surface area contributed by atoms with E-state index in [1.54, 1.807) is 26.0 Å². The first-order valence-electron chi connectivity index (χ1n) is 15.4. The fourth-order valence-corrected chi connectivity index (χ4v) is 8.95. The van der Waals surface area contributed by atoms with Crippen LogP contribution in [0.5, 0.6) is 5.75 Å². The Morgan fingerprint density at radius 3 is 2.24 bits per heavy atom. The number of allylic oxidation sites excluding steroid dienone is 1. The average Bonchev–Trinajstić information content (AvgIpc) is 2.96. The summed E-state index contributed by atoms with van der Waals surface area (Å²) in [4.78, 5) is 54.2. The van der Waals surface area contributed by atoms with Crippen LogP contribution in [0.15, 0.2) is 71.3 Å². The summed E-state index contributed by atoms with van der Waals surface area (Å²) < 4.78 is 0. The van der Waals surface area contributed by atoms with Crippen molar-refractivity contribution in [3.8, 4) is 5.75 Å². The number of benzene rings is 3. The molecule has 0 radical (unpaired) electrons. The number of fused-ring (bicyclic) bond motifs is 4. The molecule has 46 heavy (non-hydrogen) atoms. The highest BCUT2D eigenvalue weighted by atomic mass is 16.3. The third-order valence-electron chi connectivity index (χ3n) is 10.5. The third kappa shape index (κ3) is 4.17. The molecule has 0 spiro atoms. The van der Waals surface area contributed by atoms with Crippen LogP contribution in [0, 0.1) is 22.7 Å². The van der Waals surface area contributed by atoms with Gasteiger partial charge in [-0.05, 0) is 61.6 Å². The minimum atomic E-state index is -2.60. The van der Waals surface area contributed by atoms with E-state index in [1.165, 1.54) is 13.0 Å². The van der Waals surface area contributed by atoms with Crippen LogP contribution in [0.2, 0.25) is 0 Å². The number of carbonyl (C=O) groups excluding carboxylic acids is 4. The van der Waals surface area contributed by atoms with Gasteiger partial charge in [0.05, 0.1) is 22.5 Å². The van der Waals surface area contributed by atoms with Gasteiger partial charge in [0.25, 0.3) is 0 Å². The molecule has 3 aromatic rings. The summed E-state index contributed by atoms with van der Waals surface area (Å²) in [6.07, 6.45) is 0.378. The van der Waals surface area contributed by atoms with Gasteiger partial charge in [0.2, 0.25) is 11.6 Å². The summed E-state index contributed by atoms with van der Waals surface area (Å²) in [5, 5.41) is 42.6. The third-order valence-corrected chi connectivity index (χ3v) is 10.5. The maximum Gasteiger partial charge on any atom is 0.323 e. The number of amides is 2. The van der Waals surface area contributed by atoms with Gasteiger partial charge in [-0.2, -0.15) is 0 Å². The molecule has 0 saturated heterocycles. The zero-order valence-electron chi connectivity index (χ0n) is 26.7. The van der Waals surface area contributed by atoms with Gasteiger partial charge >= 0.3 is 6.03 Å². The number of nitrogens with one attached hydrogen (secondary N) is 2. The summed E-state index contributed by atoms with van der Waals surface area (Å²) in [7, 11) is 0. The molecule has 3 aromatic carbocycles. The largest absolute Gasteiger partial charge is 0.507 e. The summed E-state index contributed by atoms with van der Waals surface area (Å²) >= 11 is 0. The predicted octanol–water partition coefficient (Wildman–Crippen LogP) is 6.49. The van der Waals surface area contributed by atoms with Crippen molar-refractivity contribution in [3.05, 3.63) is 82.4 Å². The van der Waals surface area contributed by atoms with Crippen LogP contribution >= 0.6 is 0 Å². The van der Waals surface area contributed by atoms with Crippen molar-refractivity contribution >= 4 is 51.3 Å². The van der Waals surface area contributed by atoms with Gasteiger partial charge in [0.1, 0.15) is 11.5 Å². The van der Waals surface area contributed by atoms with Crippen LogP contribution in [0.3, 0.4) is 0 Å². The van der Waals surface area contributed by atoms with E-state index in [-0.39, 0.29) is 41.2 Å². The molecule has 2 amide bonds. The molecule has 1 fully saturated rings. The summed E-state index contributed by atoms with van der Waals surface area (Å²) in [6.45, 7) is 10.4. The van der Waals surface area contributed by atoms with E-state index in [9.17, 15) is 34.5 Å². The zero-order valence-corrected chi connectivity index (χ0v) is 26.7. The monoisotopic (exact) mass is 622 g/mol. The van der Waals surface area contributed by atoms with Gasteiger partial charge in [-0.1, -0.05) is 75.7 Å². The number of ketones is 3. The Morgan fingerprint density at radius 2 is 1.57 bits per heavy atom. The lowest BCUT2D eigenvalue weighted by molar-refractivity contribution is -0.180. The molecule has 5 N–H and O–H groups in total. The smallest absolute Gasteiger partial charge is 0.323 e. The maximum atomic E-state index is 14.5. The number of anilines is 2. The molecule has 4 atom stereocenters. The second-order valence-electron chi connectivity index (χ2n) is 13.9. The molecule has 0 heterocycles. The van der Waals surface area contributed by atoms with Crippen molar-refractivity contribution in [2.45, 2.75) is 60.0 Å². The van der Waals surface area contributed by atoms with Gasteiger partial charge in [0.15, 0.2) is 11.4 Å². The second-order valence-corrected chi connectivity index (χ2v) is 13.9. The van der Waals surface area contributed by atoms with Crippen molar-refractivity contribution in [1.82, 2.24) is 0 Å². The van der Waals surface area contributed by atoms with E-state index in [2.05, 4.69) is 10.6 Å². The Kier molecular flexibility index (Phi) is 7.05.